The zero-order valence-corrected chi connectivity index (χ0v) is 11.1. The highest BCUT2D eigenvalue weighted by Gasteiger charge is 2.12. The van der Waals surface area contributed by atoms with E-state index >= 15 is 0 Å². The van der Waals surface area contributed by atoms with Gasteiger partial charge in [-0.15, -0.1) is 11.3 Å². The van der Waals surface area contributed by atoms with Gasteiger partial charge in [-0.3, -0.25) is 0 Å². The second-order valence-electron chi connectivity index (χ2n) is 3.79. The molecule has 2 nitrogen and oxygen atoms in total. The van der Waals surface area contributed by atoms with Crippen LogP contribution in [0.3, 0.4) is 0 Å². The number of hydrogen-bond acceptors (Lipinski definition) is 3. The third kappa shape index (κ3) is 3.00. The number of methoxy groups -OCH3 is 1. The van der Waals surface area contributed by atoms with Crippen molar-refractivity contribution in [2.75, 3.05) is 7.11 Å². The van der Waals surface area contributed by atoms with Crippen molar-refractivity contribution in [2.45, 2.75) is 12.5 Å². The fourth-order valence-electron chi connectivity index (χ4n) is 1.68. The molecule has 0 amide bonds. The van der Waals surface area contributed by atoms with Gasteiger partial charge < -0.3 is 10.5 Å². The molecular weight excluding hydrogens is 254 g/mol. The van der Waals surface area contributed by atoms with Crippen LogP contribution in [0, 0.1) is 0 Å². The van der Waals surface area contributed by atoms with Crippen molar-refractivity contribution >= 4 is 22.9 Å². The topological polar surface area (TPSA) is 35.2 Å². The molecule has 0 aliphatic rings. The average molecular weight is 268 g/mol. The van der Waals surface area contributed by atoms with Crippen LogP contribution >= 0.6 is 22.9 Å². The van der Waals surface area contributed by atoms with Crippen LogP contribution in [0.2, 0.25) is 5.02 Å². The summed E-state index contributed by atoms with van der Waals surface area (Å²) in [5.41, 5.74) is 7.32. The molecule has 0 aliphatic heterocycles. The number of benzene rings is 1. The minimum absolute atomic E-state index is 0.0455. The van der Waals surface area contributed by atoms with Gasteiger partial charge in [0.25, 0.3) is 0 Å². The van der Waals surface area contributed by atoms with E-state index in [1.807, 2.05) is 35.7 Å². The maximum atomic E-state index is 6.14. The second-order valence-corrected chi connectivity index (χ2v) is 5.15. The molecule has 0 fully saturated rings. The standard InChI is InChI=1S/C13H14ClNOS/c1-16-10-4-2-9(3-5-10)8-12(15)13-11(14)6-7-17-13/h2-7,12H,8,15H2,1H3. The van der Waals surface area contributed by atoms with Crippen molar-refractivity contribution in [1.29, 1.82) is 0 Å². The summed E-state index contributed by atoms with van der Waals surface area (Å²) in [5, 5.41) is 2.72. The fourth-order valence-corrected chi connectivity index (χ4v) is 2.88. The third-order valence-electron chi connectivity index (χ3n) is 2.60. The molecule has 0 saturated heterocycles. The van der Waals surface area contributed by atoms with Gasteiger partial charge in [0.2, 0.25) is 0 Å². The van der Waals surface area contributed by atoms with Crippen LogP contribution < -0.4 is 10.5 Å². The second kappa shape index (κ2) is 5.54. The van der Waals surface area contributed by atoms with Crippen molar-refractivity contribution in [2.24, 2.45) is 5.73 Å². The number of hydrogen-bond donors (Lipinski definition) is 1. The molecule has 1 atom stereocenters. The van der Waals surface area contributed by atoms with Gasteiger partial charge in [-0.05, 0) is 35.6 Å². The maximum absolute atomic E-state index is 6.14. The number of rotatable bonds is 4. The number of halogens is 1. The van der Waals surface area contributed by atoms with Crippen molar-refractivity contribution in [1.82, 2.24) is 0 Å². The predicted molar refractivity (Wildman–Crippen MR) is 73.0 cm³/mol. The number of nitrogens with two attached hydrogens (primary N) is 1. The minimum Gasteiger partial charge on any atom is -0.497 e. The van der Waals surface area contributed by atoms with Crippen molar-refractivity contribution < 1.29 is 4.74 Å². The molecule has 0 saturated carbocycles. The summed E-state index contributed by atoms with van der Waals surface area (Å²) < 4.78 is 5.12. The van der Waals surface area contributed by atoms with Crippen LogP contribution in [-0.4, -0.2) is 7.11 Å². The van der Waals surface area contributed by atoms with Gasteiger partial charge in [0, 0.05) is 10.9 Å². The van der Waals surface area contributed by atoms with Crippen molar-refractivity contribution in [3.8, 4) is 5.75 Å². The molecule has 1 unspecified atom stereocenters. The largest absolute Gasteiger partial charge is 0.497 e. The molecule has 1 heterocycles. The third-order valence-corrected chi connectivity index (χ3v) is 4.09. The van der Waals surface area contributed by atoms with Crippen molar-refractivity contribution in [3.63, 3.8) is 0 Å². The lowest BCUT2D eigenvalue weighted by Crippen LogP contribution is -2.12. The Labute approximate surface area is 110 Å². The van der Waals surface area contributed by atoms with Crippen LogP contribution in [0.15, 0.2) is 35.7 Å². The molecule has 0 spiro atoms. The molecule has 0 bridgehead atoms. The van der Waals surface area contributed by atoms with E-state index in [1.54, 1.807) is 18.4 Å². The summed E-state index contributed by atoms with van der Waals surface area (Å²) in [6, 6.07) is 9.78. The molecule has 1 aromatic carbocycles. The molecule has 0 aliphatic carbocycles. The molecule has 90 valence electrons. The lowest BCUT2D eigenvalue weighted by molar-refractivity contribution is 0.414. The molecular formula is C13H14ClNOS. The van der Waals surface area contributed by atoms with Crippen LogP contribution in [-0.2, 0) is 6.42 Å². The Bertz CT molecular complexity index is 480. The van der Waals surface area contributed by atoms with Crippen LogP contribution in [0.25, 0.3) is 0 Å². The smallest absolute Gasteiger partial charge is 0.118 e. The summed E-state index contributed by atoms with van der Waals surface area (Å²) in [4.78, 5) is 1.04. The first-order valence-corrected chi connectivity index (χ1v) is 6.58. The van der Waals surface area contributed by atoms with Gasteiger partial charge in [-0.2, -0.15) is 0 Å². The van der Waals surface area contributed by atoms with Gasteiger partial charge in [0.05, 0.1) is 12.1 Å². The highest BCUT2D eigenvalue weighted by Crippen LogP contribution is 2.29. The van der Waals surface area contributed by atoms with Crippen LogP contribution in [0.1, 0.15) is 16.5 Å². The van der Waals surface area contributed by atoms with Gasteiger partial charge in [-0.1, -0.05) is 23.7 Å². The highest BCUT2D eigenvalue weighted by atomic mass is 35.5. The number of ether oxygens (including phenoxy) is 1. The molecule has 4 heteroatoms. The Morgan fingerprint density at radius 1 is 1.29 bits per heavy atom. The fraction of sp³-hybridized carbons (Fsp3) is 0.231. The summed E-state index contributed by atoms with van der Waals surface area (Å²) in [6.07, 6.45) is 0.782. The SMILES string of the molecule is COc1ccc(CC(N)c2sccc2Cl)cc1. The normalized spacial score (nSPS) is 12.4. The molecule has 17 heavy (non-hydrogen) atoms. The zero-order chi connectivity index (χ0) is 12.3. The number of thiophene rings is 1. The van der Waals surface area contributed by atoms with E-state index in [0.717, 1.165) is 22.1 Å². The van der Waals surface area contributed by atoms with E-state index in [1.165, 1.54) is 5.56 Å². The average Bonchev–Trinajstić information content (AvgIpc) is 2.76. The summed E-state index contributed by atoms with van der Waals surface area (Å²) >= 11 is 7.66. The Balaban J connectivity index is 2.07. The lowest BCUT2D eigenvalue weighted by atomic mass is 10.1. The van der Waals surface area contributed by atoms with Crippen LogP contribution in [0.4, 0.5) is 0 Å². The zero-order valence-electron chi connectivity index (χ0n) is 9.52. The molecule has 2 rings (SSSR count). The first-order chi connectivity index (χ1) is 8.20. The maximum Gasteiger partial charge on any atom is 0.118 e. The Morgan fingerprint density at radius 2 is 2.00 bits per heavy atom. The van der Waals surface area contributed by atoms with E-state index in [2.05, 4.69) is 0 Å². The Hall–Kier alpha value is -1.03. The highest BCUT2D eigenvalue weighted by molar-refractivity contribution is 7.10. The minimum atomic E-state index is -0.0455. The van der Waals surface area contributed by atoms with E-state index in [9.17, 15) is 0 Å². The van der Waals surface area contributed by atoms with Gasteiger partial charge in [0.1, 0.15) is 5.75 Å². The molecule has 2 aromatic rings. The lowest BCUT2D eigenvalue weighted by Gasteiger charge is -2.11. The summed E-state index contributed by atoms with van der Waals surface area (Å²) in [5.74, 6) is 0.858. The Kier molecular flexibility index (Phi) is 4.05. The quantitative estimate of drug-likeness (QED) is 0.918. The monoisotopic (exact) mass is 267 g/mol. The van der Waals surface area contributed by atoms with E-state index in [0.29, 0.717) is 0 Å². The van der Waals surface area contributed by atoms with Gasteiger partial charge in [0.15, 0.2) is 0 Å². The first kappa shape index (κ1) is 12.4. The summed E-state index contributed by atoms with van der Waals surface area (Å²) in [7, 11) is 1.66. The first-order valence-electron chi connectivity index (χ1n) is 5.32. The summed E-state index contributed by atoms with van der Waals surface area (Å²) in [6.45, 7) is 0. The molecule has 0 radical (unpaired) electrons. The van der Waals surface area contributed by atoms with E-state index in [-0.39, 0.29) is 6.04 Å². The predicted octanol–water partition coefficient (Wildman–Crippen LogP) is 3.65. The van der Waals surface area contributed by atoms with Crippen molar-refractivity contribution in [3.05, 3.63) is 51.2 Å². The molecule has 2 N–H and O–H groups in total. The van der Waals surface area contributed by atoms with E-state index < -0.39 is 0 Å². The van der Waals surface area contributed by atoms with Gasteiger partial charge >= 0.3 is 0 Å². The van der Waals surface area contributed by atoms with Gasteiger partial charge in [-0.25, -0.2) is 0 Å². The van der Waals surface area contributed by atoms with E-state index in [4.69, 9.17) is 22.1 Å². The molecule has 1 aromatic heterocycles. The Morgan fingerprint density at radius 3 is 2.53 bits per heavy atom. The van der Waals surface area contributed by atoms with Crippen LogP contribution in [0.5, 0.6) is 5.75 Å².